The second kappa shape index (κ2) is 6.35. The number of aryl methyl sites for hydroxylation is 3. The average Bonchev–Trinajstić information content (AvgIpc) is 2.81. The molecule has 25 heavy (non-hydrogen) atoms. The molecule has 0 unspecified atom stereocenters. The molecule has 128 valence electrons. The van der Waals surface area contributed by atoms with Gasteiger partial charge in [-0.05, 0) is 36.0 Å². The molecule has 0 saturated heterocycles. The number of pyridine rings is 1. The van der Waals surface area contributed by atoms with Gasteiger partial charge < -0.3 is 11.1 Å². The van der Waals surface area contributed by atoms with Crippen LogP contribution in [0.3, 0.4) is 0 Å². The maximum absolute atomic E-state index is 12.3. The summed E-state index contributed by atoms with van der Waals surface area (Å²) in [7, 11) is 3.76. The Bertz CT molecular complexity index is 943. The van der Waals surface area contributed by atoms with Gasteiger partial charge in [-0.3, -0.25) is 4.79 Å². The van der Waals surface area contributed by atoms with Crippen molar-refractivity contribution in [2.75, 3.05) is 11.1 Å². The third kappa shape index (κ3) is 3.21. The Morgan fingerprint density at radius 1 is 1.16 bits per heavy atom. The SMILES string of the molecule is Cc1ccc(C(=O)Nc2ccc(-c3c(C)nn(C)[n+]3C)c(N)n2)cc1. The molecule has 0 fully saturated rings. The van der Waals surface area contributed by atoms with E-state index in [-0.39, 0.29) is 5.91 Å². The fourth-order valence-electron chi connectivity index (χ4n) is 2.72. The van der Waals surface area contributed by atoms with Crippen LogP contribution in [0.25, 0.3) is 11.3 Å². The largest absolute Gasteiger partial charge is 0.383 e. The van der Waals surface area contributed by atoms with Crippen molar-refractivity contribution in [1.29, 1.82) is 0 Å². The van der Waals surface area contributed by atoms with Crippen LogP contribution in [-0.2, 0) is 14.1 Å². The van der Waals surface area contributed by atoms with Crippen molar-refractivity contribution in [3.63, 3.8) is 0 Å². The summed E-state index contributed by atoms with van der Waals surface area (Å²) < 4.78 is 1.90. The third-order valence-electron chi connectivity index (χ3n) is 4.13. The highest BCUT2D eigenvalue weighted by atomic mass is 16.1. The van der Waals surface area contributed by atoms with E-state index in [1.807, 2.05) is 50.8 Å². The third-order valence-corrected chi connectivity index (χ3v) is 4.13. The predicted molar refractivity (Wildman–Crippen MR) is 95.9 cm³/mol. The van der Waals surface area contributed by atoms with E-state index in [1.54, 1.807) is 23.0 Å². The first-order valence-electron chi connectivity index (χ1n) is 7.91. The summed E-state index contributed by atoms with van der Waals surface area (Å²) in [6, 6.07) is 10.9. The summed E-state index contributed by atoms with van der Waals surface area (Å²) in [5, 5.41) is 7.15. The van der Waals surface area contributed by atoms with Crippen molar-refractivity contribution in [1.82, 2.24) is 14.9 Å². The lowest BCUT2D eigenvalue weighted by atomic mass is 10.1. The van der Waals surface area contributed by atoms with Crippen molar-refractivity contribution in [2.45, 2.75) is 13.8 Å². The zero-order valence-electron chi connectivity index (χ0n) is 14.7. The van der Waals surface area contributed by atoms with E-state index in [0.29, 0.717) is 17.2 Å². The Hall–Kier alpha value is -3.22. The van der Waals surface area contributed by atoms with Gasteiger partial charge in [-0.1, -0.05) is 17.7 Å². The van der Waals surface area contributed by atoms with Gasteiger partial charge in [-0.2, -0.15) is 4.68 Å². The van der Waals surface area contributed by atoms with Crippen molar-refractivity contribution >= 4 is 17.5 Å². The molecule has 0 aliphatic heterocycles. The molecule has 1 amide bonds. The number of carbonyl (C=O) groups excluding carboxylic acids is 1. The predicted octanol–water partition coefficient (Wildman–Crippen LogP) is 1.76. The van der Waals surface area contributed by atoms with E-state index in [2.05, 4.69) is 15.4 Å². The van der Waals surface area contributed by atoms with Crippen LogP contribution in [0, 0.1) is 13.8 Å². The zero-order chi connectivity index (χ0) is 18.1. The molecule has 0 aliphatic rings. The first kappa shape index (κ1) is 16.6. The lowest BCUT2D eigenvalue weighted by molar-refractivity contribution is -0.746. The number of nitrogens with two attached hydrogens (primary N) is 1. The number of rotatable bonds is 3. The quantitative estimate of drug-likeness (QED) is 0.713. The van der Waals surface area contributed by atoms with Gasteiger partial charge in [0, 0.05) is 17.6 Å². The molecule has 3 N–H and O–H groups in total. The van der Waals surface area contributed by atoms with Crippen molar-refractivity contribution < 1.29 is 9.48 Å². The van der Waals surface area contributed by atoms with Crippen molar-refractivity contribution in [3.8, 4) is 11.3 Å². The molecule has 1 aromatic carbocycles. The second-order valence-electron chi connectivity index (χ2n) is 6.00. The van der Waals surface area contributed by atoms with Crippen LogP contribution < -0.4 is 15.7 Å². The van der Waals surface area contributed by atoms with E-state index >= 15 is 0 Å². The van der Waals surface area contributed by atoms with Crippen molar-refractivity contribution in [3.05, 3.63) is 53.2 Å². The number of nitrogens with one attached hydrogen (secondary N) is 1. The highest BCUT2D eigenvalue weighted by Gasteiger charge is 2.22. The van der Waals surface area contributed by atoms with Gasteiger partial charge in [-0.25, -0.2) is 4.98 Å². The lowest BCUT2D eigenvalue weighted by Crippen LogP contribution is -2.39. The number of aromatic nitrogens is 4. The first-order chi connectivity index (χ1) is 11.9. The first-order valence-corrected chi connectivity index (χ1v) is 7.91. The molecule has 0 bridgehead atoms. The lowest BCUT2D eigenvalue weighted by Gasteiger charge is -2.08. The van der Waals surface area contributed by atoms with Crippen LogP contribution in [0.4, 0.5) is 11.6 Å². The zero-order valence-corrected chi connectivity index (χ0v) is 14.7. The van der Waals surface area contributed by atoms with Gasteiger partial charge in [0.15, 0.2) is 0 Å². The van der Waals surface area contributed by atoms with Crippen LogP contribution >= 0.6 is 0 Å². The number of nitrogen functional groups attached to an aromatic ring is 1. The molecule has 0 saturated carbocycles. The summed E-state index contributed by atoms with van der Waals surface area (Å²) in [4.78, 5) is 18.3. The summed E-state index contributed by atoms with van der Waals surface area (Å²) in [6.07, 6.45) is 0. The van der Waals surface area contributed by atoms with E-state index < -0.39 is 0 Å². The molecule has 0 atom stereocenters. The minimum Gasteiger partial charge on any atom is -0.383 e. The Kier molecular flexibility index (Phi) is 4.22. The van der Waals surface area contributed by atoms with E-state index in [1.165, 1.54) is 0 Å². The monoisotopic (exact) mass is 337 g/mol. The van der Waals surface area contributed by atoms with Gasteiger partial charge in [0.2, 0.25) is 11.4 Å². The molecular weight excluding hydrogens is 316 g/mol. The number of anilines is 2. The van der Waals surface area contributed by atoms with Crippen LogP contribution in [-0.4, -0.2) is 20.8 Å². The summed E-state index contributed by atoms with van der Waals surface area (Å²) in [5.74, 6) is 0.534. The standard InChI is InChI=1S/C18H20N6O/c1-11-5-7-13(8-6-11)18(25)21-15-10-9-14(17(19)20-15)16-12(2)22-24(4)23(16)3/h5-10H,1-4H3,(H2,19,20,21,25)/p+1. The molecule has 2 heterocycles. The fraction of sp³-hybridized carbons (Fsp3) is 0.222. The van der Waals surface area contributed by atoms with E-state index in [4.69, 9.17) is 5.73 Å². The molecule has 0 spiro atoms. The van der Waals surface area contributed by atoms with Crippen LogP contribution in [0.1, 0.15) is 21.6 Å². The van der Waals surface area contributed by atoms with Crippen LogP contribution in [0.15, 0.2) is 36.4 Å². The number of carbonyl (C=O) groups is 1. The molecule has 2 aromatic heterocycles. The number of nitrogens with zero attached hydrogens (tertiary/aromatic N) is 4. The minimum absolute atomic E-state index is 0.220. The Morgan fingerprint density at radius 3 is 2.40 bits per heavy atom. The smallest absolute Gasteiger partial charge is 0.256 e. The number of benzene rings is 1. The van der Waals surface area contributed by atoms with Gasteiger partial charge in [0.1, 0.15) is 18.7 Å². The Morgan fingerprint density at radius 2 is 1.84 bits per heavy atom. The normalized spacial score (nSPS) is 10.7. The maximum atomic E-state index is 12.3. The Balaban J connectivity index is 1.87. The molecule has 3 rings (SSSR count). The van der Waals surface area contributed by atoms with Crippen LogP contribution in [0.2, 0.25) is 0 Å². The van der Waals surface area contributed by atoms with Gasteiger partial charge >= 0.3 is 0 Å². The van der Waals surface area contributed by atoms with E-state index in [9.17, 15) is 4.79 Å². The van der Waals surface area contributed by atoms with E-state index in [0.717, 1.165) is 22.5 Å². The highest BCUT2D eigenvalue weighted by molar-refractivity contribution is 6.04. The Labute approximate surface area is 146 Å². The summed E-state index contributed by atoms with van der Waals surface area (Å²) >= 11 is 0. The van der Waals surface area contributed by atoms with Gasteiger partial charge in [0.05, 0.1) is 12.6 Å². The number of hydrogen-bond donors (Lipinski definition) is 2. The van der Waals surface area contributed by atoms with Crippen molar-refractivity contribution in [2.24, 2.45) is 14.1 Å². The van der Waals surface area contributed by atoms with Gasteiger partial charge in [0.25, 0.3) is 5.91 Å². The second-order valence-corrected chi connectivity index (χ2v) is 6.00. The highest BCUT2D eigenvalue weighted by Crippen LogP contribution is 2.25. The summed E-state index contributed by atoms with van der Waals surface area (Å²) in [5.41, 5.74) is 10.3. The molecule has 7 nitrogen and oxygen atoms in total. The minimum atomic E-state index is -0.220. The fourth-order valence-corrected chi connectivity index (χ4v) is 2.72. The maximum Gasteiger partial charge on any atom is 0.256 e. The molecule has 0 radical (unpaired) electrons. The molecular formula is C18H21N6O+. The van der Waals surface area contributed by atoms with Gasteiger partial charge in [-0.15, -0.1) is 0 Å². The summed E-state index contributed by atoms with van der Waals surface area (Å²) in [6.45, 7) is 3.89. The topological polar surface area (TPSA) is 89.7 Å². The number of hydrogen-bond acceptors (Lipinski definition) is 4. The molecule has 3 aromatic rings. The van der Waals surface area contributed by atoms with Crippen LogP contribution in [0.5, 0.6) is 0 Å². The number of amides is 1. The molecule has 0 aliphatic carbocycles. The molecule has 7 heteroatoms. The average molecular weight is 337 g/mol.